The van der Waals surface area contributed by atoms with Crippen LogP contribution >= 0.6 is 0 Å². The first-order chi connectivity index (χ1) is 11.6. The third-order valence-electron chi connectivity index (χ3n) is 4.36. The van der Waals surface area contributed by atoms with Crippen LogP contribution in [0.4, 0.5) is 0 Å². The fourth-order valence-electron chi connectivity index (χ4n) is 3.13. The number of benzene rings is 1. The summed E-state index contributed by atoms with van der Waals surface area (Å²) in [7, 11) is 3.02. The van der Waals surface area contributed by atoms with Crippen molar-refractivity contribution in [3.8, 4) is 0 Å². The van der Waals surface area contributed by atoms with Gasteiger partial charge < -0.3 is 4.98 Å². The molecule has 0 amide bonds. The fourth-order valence-corrected chi connectivity index (χ4v) is 3.13. The number of aryl methyl sites for hydroxylation is 1. The van der Waals surface area contributed by atoms with Crippen LogP contribution in [0.2, 0.25) is 0 Å². The minimum absolute atomic E-state index is 0.266. The predicted octanol–water partition coefficient (Wildman–Crippen LogP) is 0.309. The lowest BCUT2D eigenvalue weighted by molar-refractivity contribution is 0.708. The Labute approximate surface area is 132 Å². The molecule has 0 spiro atoms. The number of fused-ring (bicyclic) bond motifs is 7. The van der Waals surface area contributed by atoms with Crippen LogP contribution in [0, 0.1) is 0 Å². The maximum Gasteiger partial charge on any atom is 0.332 e. The Morgan fingerprint density at radius 3 is 2.67 bits per heavy atom. The van der Waals surface area contributed by atoms with Gasteiger partial charge in [-0.1, -0.05) is 18.2 Å². The first-order valence-corrected chi connectivity index (χ1v) is 7.29. The molecule has 1 N–H and O–H groups in total. The number of imidazole rings is 1. The van der Waals surface area contributed by atoms with Crippen molar-refractivity contribution in [1.29, 1.82) is 0 Å². The van der Waals surface area contributed by atoms with Crippen molar-refractivity contribution in [3.05, 3.63) is 45.1 Å². The van der Waals surface area contributed by atoms with Gasteiger partial charge in [-0.3, -0.25) is 18.3 Å². The molecule has 0 saturated carbocycles. The van der Waals surface area contributed by atoms with Crippen molar-refractivity contribution in [2.75, 3.05) is 0 Å². The third-order valence-corrected chi connectivity index (χ3v) is 4.36. The Kier molecular flexibility index (Phi) is 2.21. The van der Waals surface area contributed by atoms with E-state index in [1.807, 2.05) is 24.3 Å². The maximum atomic E-state index is 12.7. The van der Waals surface area contributed by atoms with E-state index < -0.39 is 11.2 Å². The van der Waals surface area contributed by atoms with Crippen LogP contribution in [0.5, 0.6) is 0 Å². The normalized spacial score (nSPS) is 12.1. The van der Waals surface area contributed by atoms with Gasteiger partial charge in [0.05, 0.1) is 0 Å². The van der Waals surface area contributed by atoms with E-state index in [2.05, 4.69) is 20.2 Å². The Morgan fingerprint density at radius 1 is 1.04 bits per heavy atom. The third kappa shape index (κ3) is 1.36. The molecule has 0 aliphatic heterocycles. The minimum atomic E-state index is -0.434. The molecular formula is C15H11N7O2. The summed E-state index contributed by atoms with van der Waals surface area (Å²) in [6.07, 6.45) is 0. The highest BCUT2D eigenvalue weighted by atomic mass is 16.2. The van der Waals surface area contributed by atoms with E-state index in [0.717, 1.165) is 15.5 Å². The van der Waals surface area contributed by atoms with Gasteiger partial charge in [0.2, 0.25) is 0 Å². The van der Waals surface area contributed by atoms with Gasteiger partial charge in [-0.05, 0) is 6.07 Å². The summed E-state index contributed by atoms with van der Waals surface area (Å²) in [5.41, 5.74) is 1.88. The van der Waals surface area contributed by atoms with Crippen LogP contribution in [-0.2, 0) is 14.1 Å². The molecule has 0 unspecified atom stereocenters. The Bertz CT molecular complexity index is 1420. The second-order valence-electron chi connectivity index (χ2n) is 5.69. The van der Waals surface area contributed by atoms with Gasteiger partial charge in [0, 0.05) is 25.0 Å². The first-order valence-electron chi connectivity index (χ1n) is 7.29. The molecule has 4 aromatic heterocycles. The number of para-hydroxylation sites is 1. The van der Waals surface area contributed by atoms with Crippen molar-refractivity contribution in [2.45, 2.75) is 0 Å². The van der Waals surface area contributed by atoms with E-state index in [1.54, 1.807) is 11.4 Å². The van der Waals surface area contributed by atoms with Crippen LogP contribution in [0.3, 0.4) is 0 Å². The molecule has 0 fully saturated rings. The lowest BCUT2D eigenvalue weighted by Crippen LogP contribution is -2.37. The van der Waals surface area contributed by atoms with E-state index in [-0.39, 0.29) is 11.4 Å². The fraction of sp³-hybridized carbons (Fsp3) is 0.133. The summed E-state index contributed by atoms with van der Waals surface area (Å²) in [6.45, 7) is 0. The number of rotatable bonds is 0. The van der Waals surface area contributed by atoms with Gasteiger partial charge >= 0.3 is 5.69 Å². The smallest absolute Gasteiger partial charge is 0.332 e. The molecule has 24 heavy (non-hydrogen) atoms. The molecule has 4 heterocycles. The van der Waals surface area contributed by atoms with Crippen LogP contribution in [0.1, 0.15) is 0 Å². The minimum Gasteiger partial charge on any atom is -0.339 e. The summed E-state index contributed by atoms with van der Waals surface area (Å²) < 4.78 is 4.02. The molecule has 5 aromatic rings. The van der Waals surface area contributed by atoms with Gasteiger partial charge in [0.1, 0.15) is 11.2 Å². The number of H-pyrrole nitrogens is 1. The van der Waals surface area contributed by atoms with Crippen LogP contribution < -0.4 is 11.2 Å². The van der Waals surface area contributed by atoms with Crippen LogP contribution in [0.25, 0.3) is 39.0 Å². The molecule has 0 saturated heterocycles. The van der Waals surface area contributed by atoms with E-state index >= 15 is 0 Å². The highest BCUT2D eigenvalue weighted by Gasteiger charge is 2.19. The van der Waals surface area contributed by atoms with Crippen LogP contribution in [0.15, 0.2) is 33.9 Å². The number of hydrogen-bond donors (Lipinski definition) is 1. The van der Waals surface area contributed by atoms with Gasteiger partial charge in [0.25, 0.3) is 11.3 Å². The Hall–Kier alpha value is -3.49. The largest absolute Gasteiger partial charge is 0.339 e. The molecular weight excluding hydrogens is 310 g/mol. The van der Waals surface area contributed by atoms with Crippen molar-refractivity contribution < 1.29 is 0 Å². The van der Waals surface area contributed by atoms with E-state index in [4.69, 9.17) is 0 Å². The maximum absolute atomic E-state index is 12.7. The zero-order valence-electron chi connectivity index (χ0n) is 12.8. The van der Waals surface area contributed by atoms with E-state index in [1.165, 1.54) is 11.6 Å². The molecule has 0 aliphatic carbocycles. The molecule has 9 nitrogen and oxygen atoms in total. The van der Waals surface area contributed by atoms with Gasteiger partial charge in [-0.25, -0.2) is 4.79 Å². The number of hydrogen-bond acceptors (Lipinski definition) is 5. The zero-order valence-corrected chi connectivity index (χ0v) is 12.8. The van der Waals surface area contributed by atoms with Crippen molar-refractivity contribution >= 4 is 39.0 Å². The average Bonchev–Trinajstić information content (AvgIpc) is 3.16. The second-order valence-corrected chi connectivity index (χ2v) is 5.69. The molecule has 1 aromatic carbocycles. The van der Waals surface area contributed by atoms with Crippen molar-refractivity contribution in [2.24, 2.45) is 14.1 Å². The summed E-state index contributed by atoms with van der Waals surface area (Å²) in [5.74, 6) is 0.266. The van der Waals surface area contributed by atoms with E-state index in [0.29, 0.717) is 16.7 Å². The Morgan fingerprint density at radius 2 is 1.83 bits per heavy atom. The lowest BCUT2D eigenvalue weighted by atomic mass is 10.2. The van der Waals surface area contributed by atoms with Crippen molar-refractivity contribution in [3.63, 3.8) is 0 Å². The first kappa shape index (κ1) is 13.0. The number of aromatic amines is 1. The quantitative estimate of drug-likeness (QED) is 0.442. The summed E-state index contributed by atoms with van der Waals surface area (Å²) in [6, 6.07) is 7.69. The topological polar surface area (TPSA) is 103 Å². The summed E-state index contributed by atoms with van der Waals surface area (Å²) in [5, 5.41) is 9.27. The van der Waals surface area contributed by atoms with Crippen molar-refractivity contribution in [1.82, 2.24) is 33.7 Å². The highest BCUT2D eigenvalue weighted by molar-refractivity contribution is 6.04. The highest BCUT2D eigenvalue weighted by Crippen LogP contribution is 2.24. The number of nitrogens with one attached hydrogen (secondary N) is 1. The SMILES string of the molecule is Cn1c(=O)c2c(nc3nnc4c5ccccc5[nH]c4n32)n(C)c1=O. The monoisotopic (exact) mass is 321 g/mol. The summed E-state index contributed by atoms with van der Waals surface area (Å²) in [4.78, 5) is 32.4. The van der Waals surface area contributed by atoms with Gasteiger partial charge in [0.15, 0.2) is 11.2 Å². The second kappa shape index (κ2) is 4.07. The number of nitrogens with zero attached hydrogens (tertiary/aromatic N) is 6. The molecule has 0 radical (unpaired) electrons. The molecule has 118 valence electrons. The average molecular weight is 321 g/mol. The predicted molar refractivity (Wildman–Crippen MR) is 88.1 cm³/mol. The van der Waals surface area contributed by atoms with Gasteiger partial charge in [-0.2, -0.15) is 4.98 Å². The Balaban J connectivity index is 2.18. The van der Waals surface area contributed by atoms with E-state index in [9.17, 15) is 9.59 Å². The molecule has 5 rings (SSSR count). The van der Waals surface area contributed by atoms with Gasteiger partial charge in [-0.15, -0.1) is 10.2 Å². The summed E-state index contributed by atoms with van der Waals surface area (Å²) >= 11 is 0. The molecule has 0 atom stereocenters. The molecule has 0 bridgehead atoms. The zero-order chi connectivity index (χ0) is 16.6. The molecule has 0 aliphatic rings. The standard InChI is InChI=1S/C15H11N7O2/c1-20-12-10(13(23)21(2)15(20)24)22-11-9(18-19-14(22)17-12)7-5-3-4-6-8(7)16-11/h3-6,16H,1-2H3. The van der Waals surface area contributed by atoms with Crippen LogP contribution in [-0.4, -0.2) is 33.7 Å². The lowest BCUT2D eigenvalue weighted by Gasteiger charge is -2.02. The molecule has 9 heteroatoms. The number of aromatic nitrogens is 7.